The van der Waals surface area contributed by atoms with Crippen LogP contribution in [0.1, 0.15) is 46.0 Å². The Hall–Kier alpha value is -0.570. The molecule has 0 aromatic carbocycles. The molecule has 3 atom stereocenters. The Morgan fingerprint density at radius 3 is 2.24 bits per heavy atom. The van der Waals surface area contributed by atoms with E-state index in [1.54, 1.807) is 0 Å². The Morgan fingerprint density at radius 1 is 1.24 bits per heavy atom. The van der Waals surface area contributed by atoms with Crippen molar-refractivity contribution in [2.45, 2.75) is 64.1 Å². The van der Waals surface area contributed by atoms with Crippen molar-refractivity contribution in [1.82, 2.24) is 10.2 Å². The van der Waals surface area contributed by atoms with Crippen LogP contribution in [-0.4, -0.2) is 36.0 Å². The maximum Gasteiger partial charge on any atom is 0.226 e. The number of hydrogen-bond donors (Lipinski definition) is 1. The summed E-state index contributed by atoms with van der Waals surface area (Å²) in [5.41, 5.74) is 0.261. The Balaban J connectivity index is 1.63. The van der Waals surface area contributed by atoms with Crippen molar-refractivity contribution in [3.63, 3.8) is 0 Å². The van der Waals surface area contributed by atoms with Gasteiger partial charge in [-0.1, -0.05) is 13.8 Å². The third-order valence-electron chi connectivity index (χ3n) is 5.16. The summed E-state index contributed by atoms with van der Waals surface area (Å²) in [6.07, 6.45) is 6.00. The lowest BCUT2D eigenvalue weighted by Crippen LogP contribution is -2.49. The van der Waals surface area contributed by atoms with E-state index in [1.807, 2.05) is 7.05 Å². The van der Waals surface area contributed by atoms with Gasteiger partial charge < -0.3 is 10.2 Å². The van der Waals surface area contributed by atoms with E-state index in [1.165, 1.54) is 12.8 Å². The van der Waals surface area contributed by atoms with Crippen LogP contribution in [0.2, 0.25) is 0 Å². The first-order valence-corrected chi connectivity index (χ1v) is 7.00. The zero-order chi connectivity index (χ0) is 12.2. The van der Waals surface area contributed by atoms with Gasteiger partial charge in [-0.2, -0.15) is 0 Å². The molecule has 3 heteroatoms. The molecule has 17 heavy (non-hydrogen) atoms. The number of amides is 1. The van der Waals surface area contributed by atoms with Crippen molar-refractivity contribution in [2.75, 3.05) is 7.05 Å². The normalized spacial score (nSPS) is 42.3. The van der Waals surface area contributed by atoms with Crippen LogP contribution in [0.25, 0.3) is 0 Å². The molecule has 3 aliphatic rings. The highest BCUT2D eigenvalue weighted by molar-refractivity contribution is 5.82. The molecule has 3 rings (SSSR count). The SMILES string of the molecule is CN(C(=O)C1CC1(C)C)C1CC2CCC(C1)N2. The standard InChI is InChI=1S/C14H24N2O/c1-14(2)8-12(14)13(17)16(3)11-6-9-4-5-10(7-11)15-9/h9-12,15H,4-8H2,1-3H3. The van der Waals surface area contributed by atoms with Gasteiger partial charge in [-0.15, -0.1) is 0 Å². The van der Waals surface area contributed by atoms with Crippen molar-refractivity contribution in [1.29, 1.82) is 0 Å². The highest BCUT2D eigenvalue weighted by Gasteiger charge is 2.52. The third-order valence-corrected chi connectivity index (χ3v) is 5.16. The summed E-state index contributed by atoms with van der Waals surface area (Å²) < 4.78 is 0. The van der Waals surface area contributed by atoms with Crippen LogP contribution < -0.4 is 5.32 Å². The number of nitrogens with one attached hydrogen (secondary N) is 1. The van der Waals surface area contributed by atoms with E-state index in [0.29, 0.717) is 30.0 Å². The molecule has 96 valence electrons. The number of rotatable bonds is 2. The first-order chi connectivity index (χ1) is 7.97. The van der Waals surface area contributed by atoms with E-state index in [-0.39, 0.29) is 5.41 Å². The molecular formula is C14H24N2O. The molecule has 1 saturated carbocycles. The van der Waals surface area contributed by atoms with Crippen LogP contribution in [-0.2, 0) is 4.79 Å². The Kier molecular flexibility index (Phi) is 2.51. The van der Waals surface area contributed by atoms with Gasteiger partial charge in [0.15, 0.2) is 0 Å². The fraction of sp³-hybridized carbons (Fsp3) is 0.929. The van der Waals surface area contributed by atoms with Crippen LogP contribution in [0, 0.1) is 11.3 Å². The Bertz CT molecular complexity index is 327. The number of nitrogens with zero attached hydrogens (tertiary/aromatic N) is 1. The molecule has 2 heterocycles. The molecule has 3 fully saturated rings. The number of fused-ring (bicyclic) bond motifs is 2. The second-order valence-electron chi connectivity index (χ2n) is 6.96. The van der Waals surface area contributed by atoms with Gasteiger partial charge in [0, 0.05) is 31.1 Å². The van der Waals surface area contributed by atoms with Crippen molar-refractivity contribution < 1.29 is 4.79 Å². The molecule has 3 nitrogen and oxygen atoms in total. The van der Waals surface area contributed by atoms with Gasteiger partial charge in [0.1, 0.15) is 0 Å². The maximum atomic E-state index is 12.4. The van der Waals surface area contributed by atoms with Gasteiger partial charge >= 0.3 is 0 Å². The molecule has 1 N–H and O–H groups in total. The van der Waals surface area contributed by atoms with Crippen molar-refractivity contribution >= 4 is 5.91 Å². The van der Waals surface area contributed by atoms with Crippen LogP contribution in [0.5, 0.6) is 0 Å². The second-order valence-corrected chi connectivity index (χ2v) is 6.96. The van der Waals surface area contributed by atoms with E-state index in [0.717, 1.165) is 19.3 Å². The number of carbonyl (C=O) groups excluding carboxylic acids is 1. The molecule has 3 unspecified atom stereocenters. The lowest BCUT2D eigenvalue weighted by molar-refractivity contribution is -0.134. The molecule has 0 aromatic rings. The van der Waals surface area contributed by atoms with Gasteiger partial charge in [0.25, 0.3) is 0 Å². The maximum absolute atomic E-state index is 12.4. The third kappa shape index (κ3) is 1.99. The highest BCUT2D eigenvalue weighted by atomic mass is 16.2. The van der Waals surface area contributed by atoms with Crippen LogP contribution in [0.3, 0.4) is 0 Å². The quantitative estimate of drug-likeness (QED) is 0.792. The fourth-order valence-electron chi connectivity index (χ4n) is 3.66. The first kappa shape index (κ1) is 11.5. The molecular weight excluding hydrogens is 212 g/mol. The zero-order valence-electron chi connectivity index (χ0n) is 11.2. The van der Waals surface area contributed by atoms with Crippen LogP contribution in [0.4, 0.5) is 0 Å². The van der Waals surface area contributed by atoms with Crippen molar-refractivity contribution in [2.24, 2.45) is 11.3 Å². The summed E-state index contributed by atoms with van der Waals surface area (Å²) in [4.78, 5) is 14.4. The zero-order valence-corrected chi connectivity index (χ0v) is 11.2. The first-order valence-electron chi connectivity index (χ1n) is 7.00. The summed E-state index contributed by atoms with van der Waals surface area (Å²) in [5, 5.41) is 3.64. The molecule has 0 aromatic heterocycles. The molecule has 1 aliphatic carbocycles. The van der Waals surface area contributed by atoms with Gasteiger partial charge in [0.2, 0.25) is 5.91 Å². The number of carbonyl (C=O) groups is 1. The minimum absolute atomic E-state index is 0.261. The molecule has 1 amide bonds. The average Bonchev–Trinajstić information content (AvgIpc) is 2.80. The average molecular weight is 236 g/mol. The summed E-state index contributed by atoms with van der Waals surface area (Å²) in [5.74, 6) is 0.682. The number of hydrogen-bond acceptors (Lipinski definition) is 2. The van der Waals surface area contributed by atoms with E-state index in [4.69, 9.17) is 0 Å². The van der Waals surface area contributed by atoms with Crippen LogP contribution >= 0.6 is 0 Å². The smallest absolute Gasteiger partial charge is 0.226 e. The van der Waals surface area contributed by atoms with Gasteiger partial charge in [-0.3, -0.25) is 4.79 Å². The molecule has 2 bridgehead atoms. The van der Waals surface area contributed by atoms with Gasteiger partial charge in [0.05, 0.1) is 0 Å². The minimum atomic E-state index is 0.261. The van der Waals surface area contributed by atoms with Crippen LogP contribution in [0.15, 0.2) is 0 Å². The van der Waals surface area contributed by atoms with Gasteiger partial charge in [-0.25, -0.2) is 0 Å². The predicted molar refractivity (Wildman–Crippen MR) is 67.6 cm³/mol. The largest absolute Gasteiger partial charge is 0.342 e. The Labute approximate surface area is 104 Å². The summed E-state index contributed by atoms with van der Waals surface area (Å²) in [6, 6.07) is 1.82. The predicted octanol–water partition coefficient (Wildman–Crippen LogP) is 1.77. The summed E-state index contributed by atoms with van der Waals surface area (Å²) >= 11 is 0. The highest BCUT2D eigenvalue weighted by Crippen LogP contribution is 2.52. The molecule has 2 saturated heterocycles. The summed E-state index contributed by atoms with van der Waals surface area (Å²) in [7, 11) is 2.02. The fourth-order valence-corrected chi connectivity index (χ4v) is 3.66. The number of piperidine rings is 1. The lowest BCUT2D eigenvalue weighted by Gasteiger charge is -2.36. The monoisotopic (exact) mass is 236 g/mol. The minimum Gasteiger partial charge on any atom is -0.342 e. The Morgan fingerprint density at radius 2 is 1.76 bits per heavy atom. The van der Waals surface area contributed by atoms with Crippen molar-refractivity contribution in [3.05, 3.63) is 0 Å². The molecule has 2 aliphatic heterocycles. The van der Waals surface area contributed by atoms with E-state index in [9.17, 15) is 4.79 Å². The topological polar surface area (TPSA) is 32.3 Å². The molecule has 0 spiro atoms. The molecule has 0 radical (unpaired) electrons. The second kappa shape index (κ2) is 3.71. The lowest BCUT2D eigenvalue weighted by atomic mass is 9.97. The van der Waals surface area contributed by atoms with E-state index < -0.39 is 0 Å². The van der Waals surface area contributed by atoms with E-state index in [2.05, 4.69) is 24.1 Å². The van der Waals surface area contributed by atoms with Crippen molar-refractivity contribution in [3.8, 4) is 0 Å². The van der Waals surface area contributed by atoms with Gasteiger partial charge in [-0.05, 0) is 37.5 Å². The summed E-state index contributed by atoms with van der Waals surface area (Å²) in [6.45, 7) is 4.41. The van der Waals surface area contributed by atoms with E-state index >= 15 is 0 Å².